The van der Waals surface area contributed by atoms with Crippen LogP contribution in [0.3, 0.4) is 0 Å². The highest BCUT2D eigenvalue weighted by molar-refractivity contribution is 5.35. The molecule has 0 bridgehead atoms. The van der Waals surface area contributed by atoms with Crippen LogP contribution in [0.25, 0.3) is 0 Å². The Morgan fingerprint density at radius 1 is 1.65 bits per heavy atom. The van der Waals surface area contributed by atoms with Crippen LogP contribution in [-0.4, -0.2) is 29.6 Å². The Labute approximate surface area is 101 Å². The molecule has 2 rings (SSSR count). The van der Waals surface area contributed by atoms with Crippen molar-refractivity contribution < 1.29 is 4.74 Å². The number of nitrogens with zero attached hydrogens (tertiary/aromatic N) is 3. The number of likely N-dealkylation sites (tertiary alicyclic amines) is 1. The Balaban J connectivity index is 1.72. The van der Waals surface area contributed by atoms with Crippen LogP contribution < -0.4 is 10.5 Å². The number of hydrogen-bond acceptors (Lipinski definition) is 5. The van der Waals surface area contributed by atoms with Crippen LogP contribution >= 0.6 is 0 Å². The summed E-state index contributed by atoms with van der Waals surface area (Å²) in [7, 11) is 0. The van der Waals surface area contributed by atoms with E-state index in [-0.39, 0.29) is 0 Å². The Bertz CT molecular complexity index is 415. The van der Waals surface area contributed by atoms with Gasteiger partial charge in [0, 0.05) is 25.4 Å². The third-order valence-corrected chi connectivity index (χ3v) is 2.97. The average molecular weight is 232 g/mol. The molecule has 1 atom stereocenters. The molecule has 0 aromatic carbocycles. The van der Waals surface area contributed by atoms with Gasteiger partial charge in [0.1, 0.15) is 11.6 Å². The van der Waals surface area contributed by atoms with Crippen LogP contribution in [0.1, 0.15) is 12.8 Å². The van der Waals surface area contributed by atoms with Crippen molar-refractivity contribution in [1.29, 1.82) is 5.26 Å². The lowest BCUT2D eigenvalue weighted by atomic mass is 10.1. The second-order valence-corrected chi connectivity index (χ2v) is 4.25. The van der Waals surface area contributed by atoms with Crippen LogP contribution in [0.15, 0.2) is 18.3 Å². The molecule has 5 nitrogen and oxygen atoms in total. The van der Waals surface area contributed by atoms with Crippen molar-refractivity contribution in [1.82, 2.24) is 9.88 Å². The molecule has 2 N–H and O–H groups in total. The molecule has 0 radical (unpaired) electrons. The number of nitrogens with two attached hydrogens (primary N) is 1. The summed E-state index contributed by atoms with van der Waals surface area (Å²) in [6.07, 6.45) is 5.87. The minimum atomic E-state index is 0.471. The topological polar surface area (TPSA) is 75.2 Å². The molecule has 17 heavy (non-hydrogen) atoms. The Morgan fingerprint density at radius 2 is 2.53 bits per heavy atom. The van der Waals surface area contributed by atoms with E-state index in [4.69, 9.17) is 15.7 Å². The zero-order chi connectivity index (χ0) is 12.1. The summed E-state index contributed by atoms with van der Waals surface area (Å²) in [5.74, 6) is 1.79. The number of rotatable bonds is 4. The predicted octanol–water partition coefficient (Wildman–Crippen LogP) is 1.24. The highest BCUT2D eigenvalue weighted by Crippen LogP contribution is 2.19. The van der Waals surface area contributed by atoms with E-state index in [0.29, 0.717) is 18.3 Å². The Morgan fingerprint density at radius 3 is 3.24 bits per heavy atom. The molecule has 1 aliphatic heterocycles. The van der Waals surface area contributed by atoms with Gasteiger partial charge in [-0.05, 0) is 24.8 Å². The van der Waals surface area contributed by atoms with Crippen LogP contribution in [-0.2, 0) is 0 Å². The molecule has 0 amide bonds. The lowest BCUT2D eigenvalue weighted by molar-refractivity contribution is 0.279. The van der Waals surface area contributed by atoms with Gasteiger partial charge in [-0.1, -0.05) is 0 Å². The van der Waals surface area contributed by atoms with Crippen molar-refractivity contribution in [2.75, 3.05) is 25.4 Å². The highest BCUT2D eigenvalue weighted by atomic mass is 16.5. The van der Waals surface area contributed by atoms with Gasteiger partial charge < -0.3 is 15.4 Å². The van der Waals surface area contributed by atoms with Crippen LogP contribution in [0.4, 0.5) is 5.82 Å². The van der Waals surface area contributed by atoms with Gasteiger partial charge in [-0.25, -0.2) is 4.98 Å². The molecular formula is C12H16N4O. The van der Waals surface area contributed by atoms with E-state index in [2.05, 4.69) is 11.2 Å². The summed E-state index contributed by atoms with van der Waals surface area (Å²) in [4.78, 5) is 5.70. The monoisotopic (exact) mass is 232 g/mol. The van der Waals surface area contributed by atoms with Crippen molar-refractivity contribution in [3.63, 3.8) is 0 Å². The van der Waals surface area contributed by atoms with Gasteiger partial charge in [0.2, 0.25) is 0 Å². The van der Waals surface area contributed by atoms with Gasteiger partial charge in [-0.3, -0.25) is 0 Å². The van der Waals surface area contributed by atoms with Gasteiger partial charge in [-0.2, -0.15) is 5.26 Å². The zero-order valence-corrected chi connectivity index (χ0v) is 9.67. The van der Waals surface area contributed by atoms with Crippen LogP contribution in [0.5, 0.6) is 5.75 Å². The van der Waals surface area contributed by atoms with Crippen molar-refractivity contribution in [2.24, 2.45) is 5.92 Å². The van der Waals surface area contributed by atoms with Gasteiger partial charge in [0.25, 0.3) is 0 Å². The van der Waals surface area contributed by atoms with Crippen molar-refractivity contribution in [2.45, 2.75) is 12.8 Å². The zero-order valence-electron chi connectivity index (χ0n) is 9.67. The van der Waals surface area contributed by atoms with Crippen molar-refractivity contribution in [3.05, 3.63) is 18.3 Å². The van der Waals surface area contributed by atoms with Crippen LogP contribution in [0, 0.1) is 17.4 Å². The molecule has 1 unspecified atom stereocenters. The fourth-order valence-corrected chi connectivity index (χ4v) is 2.02. The first-order chi connectivity index (χ1) is 8.28. The van der Waals surface area contributed by atoms with Gasteiger partial charge in [0.15, 0.2) is 6.19 Å². The van der Waals surface area contributed by atoms with Gasteiger partial charge in [-0.15, -0.1) is 0 Å². The summed E-state index contributed by atoms with van der Waals surface area (Å²) in [6.45, 7) is 2.40. The minimum Gasteiger partial charge on any atom is -0.493 e. The van der Waals surface area contributed by atoms with E-state index >= 15 is 0 Å². The fourth-order valence-electron chi connectivity index (χ4n) is 2.02. The maximum absolute atomic E-state index is 8.74. The second-order valence-electron chi connectivity index (χ2n) is 4.25. The molecule has 1 fully saturated rings. The molecule has 0 spiro atoms. The molecule has 0 saturated carbocycles. The number of aromatic nitrogens is 1. The average Bonchev–Trinajstić information content (AvgIpc) is 2.77. The molecule has 2 heterocycles. The van der Waals surface area contributed by atoms with Gasteiger partial charge in [0.05, 0.1) is 6.61 Å². The minimum absolute atomic E-state index is 0.471. The van der Waals surface area contributed by atoms with E-state index in [0.717, 1.165) is 31.7 Å². The first-order valence-corrected chi connectivity index (χ1v) is 5.77. The number of nitrogen functional groups attached to an aromatic ring is 1. The van der Waals surface area contributed by atoms with Gasteiger partial charge >= 0.3 is 0 Å². The third kappa shape index (κ3) is 3.25. The number of nitriles is 1. The number of ether oxygens (including phenoxy) is 1. The highest BCUT2D eigenvalue weighted by Gasteiger charge is 2.20. The second kappa shape index (κ2) is 5.39. The summed E-state index contributed by atoms with van der Waals surface area (Å²) in [6, 6.07) is 3.52. The lowest BCUT2D eigenvalue weighted by Gasteiger charge is -2.10. The van der Waals surface area contributed by atoms with E-state index in [1.54, 1.807) is 23.2 Å². The molecule has 90 valence electrons. The summed E-state index contributed by atoms with van der Waals surface area (Å²) < 4.78 is 5.60. The van der Waals surface area contributed by atoms with Crippen LogP contribution in [0.2, 0.25) is 0 Å². The van der Waals surface area contributed by atoms with Crippen molar-refractivity contribution >= 4 is 5.82 Å². The predicted molar refractivity (Wildman–Crippen MR) is 64.1 cm³/mol. The standard InChI is InChI=1S/C12H16N4O/c13-9-16-5-2-10(8-16)3-6-17-11-1-4-15-12(14)7-11/h1,4,7,10H,2-3,5-6,8H2,(H2,14,15). The fraction of sp³-hybridized carbons (Fsp3) is 0.500. The molecule has 0 aliphatic carbocycles. The molecule has 1 aromatic heterocycles. The summed E-state index contributed by atoms with van der Waals surface area (Å²) in [5, 5.41) is 8.74. The lowest BCUT2D eigenvalue weighted by Crippen LogP contribution is -2.14. The third-order valence-electron chi connectivity index (χ3n) is 2.97. The van der Waals surface area contributed by atoms with Crippen molar-refractivity contribution in [3.8, 4) is 11.9 Å². The summed E-state index contributed by atoms with van der Waals surface area (Å²) >= 11 is 0. The molecule has 1 aliphatic rings. The molecular weight excluding hydrogens is 216 g/mol. The molecule has 5 heteroatoms. The molecule has 1 saturated heterocycles. The largest absolute Gasteiger partial charge is 0.493 e. The number of pyridine rings is 1. The first kappa shape index (κ1) is 11.5. The quantitative estimate of drug-likeness (QED) is 0.790. The van der Waals surface area contributed by atoms with E-state index < -0.39 is 0 Å². The smallest absolute Gasteiger partial charge is 0.179 e. The maximum Gasteiger partial charge on any atom is 0.179 e. The maximum atomic E-state index is 8.74. The summed E-state index contributed by atoms with van der Waals surface area (Å²) in [5.41, 5.74) is 5.55. The van der Waals surface area contributed by atoms with E-state index in [1.165, 1.54) is 0 Å². The Kier molecular flexibility index (Phi) is 3.66. The number of anilines is 1. The Hall–Kier alpha value is -1.96. The normalized spacial score (nSPS) is 19.0. The number of hydrogen-bond donors (Lipinski definition) is 1. The van der Waals surface area contributed by atoms with E-state index in [1.807, 2.05) is 0 Å². The first-order valence-electron chi connectivity index (χ1n) is 5.77. The SMILES string of the molecule is N#CN1CCC(CCOc2ccnc(N)c2)C1. The molecule has 1 aromatic rings. The van der Waals surface area contributed by atoms with E-state index in [9.17, 15) is 0 Å².